The third-order valence-electron chi connectivity index (χ3n) is 4.76. The SMILES string of the molecule is CCNC(=NC[C@@H](C)N1CCOCC1)NC[C@H](C)N1CCOCC1. The van der Waals surface area contributed by atoms with Crippen molar-refractivity contribution in [1.82, 2.24) is 20.4 Å². The van der Waals surface area contributed by atoms with Crippen LogP contribution in [0, 0.1) is 0 Å². The molecular weight excluding hydrogens is 306 g/mol. The second-order valence-electron chi connectivity index (χ2n) is 6.60. The Balaban J connectivity index is 1.76. The third-order valence-corrected chi connectivity index (χ3v) is 4.76. The smallest absolute Gasteiger partial charge is 0.191 e. The number of rotatable bonds is 7. The van der Waals surface area contributed by atoms with Crippen molar-refractivity contribution in [2.75, 3.05) is 72.2 Å². The minimum atomic E-state index is 0.445. The molecule has 2 fully saturated rings. The third kappa shape index (κ3) is 6.55. The van der Waals surface area contributed by atoms with Crippen LogP contribution < -0.4 is 10.6 Å². The van der Waals surface area contributed by atoms with Crippen molar-refractivity contribution in [3.8, 4) is 0 Å². The van der Waals surface area contributed by atoms with Gasteiger partial charge in [0.25, 0.3) is 0 Å². The molecule has 0 spiro atoms. The van der Waals surface area contributed by atoms with Gasteiger partial charge in [0.05, 0.1) is 33.0 Å². The van der Waals surface area contributed by atoms with E-state index in [1.165, 1.54) is 0 Å². The van der Waals surface area contributed by atoms with Crippen molar-refractivity contribution in [1.29, 1.82) is 0 Å². The van der Waals surface area contributed by atoms with Crippen LogP contribution in [-0.4, -0.2) is 100 Å². The van der Waals surface area contributed by atoms with Crippen molar-refractivity contribution in [3.05, 3.63) is 0 Å². The van der Waals surface area contributed by atoms with Crippen LogP contribution in [-0.2, 0) is 9.47 Å². The van der Waals surface area contributed by atoms with E-state index in [2.05, 4.69) is 41.2 Å². The van der Waals surface area contributed by atoms with Crippen LogP contribution >= 0.6 is 0 Å². The van der Waals surface area contributed by atoms with E-state index in [4.69, 9.17) is 14.5 Å². The van der Waals surface area contributed by atoms with Gasteiger partial charge in [-0.2, -0.15) is 0 Å². The van der Waals surface area contributed by atoms with E-state index < -0.39 is 0 Å². The van der Waals surface area contributed by atoms with Crippen molar-refractivity contribution < 1.29 is 9.47 Å². The van der Waals surface area contributed by atoms with Crippen LogP contribution in [0.15, 0.2) is 4.99 Å². The molecule has 140 valence electrons. The number of aliphatic imine (C=N–C) groups is 1. The fourth-order valence-corrected chi connectivity index (χ4v) is 3.09. The van der Waals surface area contributed by atoms with Gasteiger partial charge in [-0.3, -0.25) is 14.8 Å². The van der Waals surface area contributed by atoms with E-state index in [0.717, 1.165) is 78.2 Å². The second-order valence-corrected chi connectivity index (χ2v) is 6.60. The van der Waals surface area contributed by atoms with Crippen molar-refractivity contribution in [2.24, 2.45) is 4.99 Å². The summed E-state index contributed by atoms with van der Waals surface area (Å²) in [6.07, 6.45) is 0. The van der Waals surface area contributed by atoms with Gasteiger partial charge in [-0.25, -0.2) is 0 Å². The van der Waals surface area contributed by atoms with E-state index in [1.54, 1.807) is 0 Å². The highest BCUT2D eigenvalue weighted by Crippen LogP contribution is 2.04. The van der Waals surface area contributed by atoms with E-state index >= 15 is 0 Å². The standard InChI is InChI=1S/C17H35N5O2/c1-4-18-17(19-13-15(2)21-5-9-23-10-6-21)20-14-16(3)22-7-11-24-12-8-22/h15-16H,4-14H2,1-3H3,(H2,18,19,20)/t15-,16+. The van der Waals surface area contributed by atoms with Gasteiger partial charge in [0, 0.05) is 51.4 Å². The highest BCUT2D eigenvalue weighted by molar-refractivity contribution is 5.79. The van der Waals surface area contributed by atoms with Gasteiger partial charge in [0.2, 0.25) is 0 Å². The Morgan fingerprint density at radius 2 is 1.46 bits per heavy atom. The molecule has 2 aliphatic rings. The monoisotopic (exact) mass is 341 g/mol. The number of nitrogens with zero attached hydrogens (tertiary/aromatic N) is 3. The average molecular weight is 342 g/mol. The maximum absolute atomic E-state index is 5.42. The van der Waals surface area contributed by atoms with Crippen LogP contribution in [0.1, 0.15) is 20.8 Å². The van der Waals surface area contributed by atoms with Gasteiger partial charge in [-0.1, -0.05) is 0 Å². The molecule has 0 radical (unpaired) electrons. The lowest BCUT2D eigenvalue weighted by molar-refractivity contribution is 0.0210. The average Bonchev–Trinajstić information content (AvgIpc) is 2.65. The Kier molecular flexibility index (Phi) is 8.80. The largest absolute Gasteiger partial charge is 0.379 e. The van der Waals surface area contributed by atoms with Gasteiger partial charge in [-0.15, -0.1) is 0 Å². The molecule has 0 saturated carbocycles. The molecule has 0 aromatic heterocycles. The van der Waals surface area contributed by atoms with Crippen LogP contribution in [0.3, 0.4) is 0 Å². The number of ether oxygens (including phenoxy) is 2. The number of hydrogen-bond acceptors (Lipinski definition) is 5. The molecule has 0 amide bonds. The zero-order chi connectivity index (χ0) is 17.2. The van der Waals surface area contributed by atoms with Gasteiger partial charge < -0.3 is 20.1 Å². The van der Waals surface area contributed by atoms with Crippen LogP contribution in [0.5, 0.6) is 0 Å². The van der Waals surface area contributed by atoms with Gasteiger partial charge in [0.15, 0.2) is 5.96 Å². The first kappa shape index (κ1) is 19.4. The minimum Gasteiger partial charge on any atom is -0.379 e. The summed E-state index contributed by atoms with van der Waals surface area (Å²) < 4.78 is 10.8. The maximum atomic E-state index is 5.42. The highest BCUT2D eigenvalue weighted by Gasteiger charge is 2.18. The first-order valence-electron chi connectivity index (χ1n) is 9.36. The van der Waals surface area contributed by atoms with Crippen molar-refractivity contribution in [2.45, 2.75) is 32.9 Å². The predicted molar refractivity (Wildman–Crippen MR) is 97.7 cm³/mol. The summed E-state index contributed by atoms with van der Waals surface area (Å²) in [6.45, 7) is 16.6. The second kappa shape index (κ2) is 10.9. The van der Waals surface area contributed by atoms with E-state index in [0.29, 0.717) is 12.1 Å². The molecule has 7 nitrogen and oxygen atoms in total. The molecule has 0 aromatic carbocycles. The predicted octanol–water partition coefficient (Wildman–Crippen LogP) is -0.0171. The highest BCUT2D eigenvalue weighted by atomic mass is 16.5. The quantitative estimate of drug-likeness (QED) is 0.501. The Labute approximate surface area is 146 Å². The lowest BCUT2D eigenvalue weighted by Gasteiger charge is -2.33. The number of nitrogens with one attached hydrogen (secondary N) is 2. The van der Waals surface area contributed by atoms with Crippen LogP contribution in [0.25, 0.3) is 0 Å². The number of morpholine rings is 2. The molecule has 7 heteroatoms. The Hall–Kier alpha value is -0.890. The summed E-state index contributed by atoms with van der Waals surface area (Å²) in [6, 6.07) is 0.926. The summed E-state index contributed by atoms with van der Waals surface area (Å²) >= 11 is 0. The molecule has 0 aromatic rings. The molecule has 2 heterocycles. The molecule has 0 bridgehead atoms. The Morgan fingerprint density at radius 1 is 0.917 bits per heavy atom. The molecule has 24 heavy (non-hydrogen) atoms. The molecule has 0 unspecified atom stereocenters. The molecule has 2 atom stereocenters. The molecular formula is C17H35N5O2. The van der Waals surface area contributed by atoms with Crippen LogP contribution in [0.4, 0.5) is 0 Å². The fraction of sp³-hybridized carbons (Fsp3) is 0.941. The Bertz CT molecular complexity index is 368. The van der Waals surface area contributed by atoms with Gasteiger partial charge in [-0.05, 0) is 20.8 Å². The molecule has 0 aliphatic carbocycles. The van der Waals surface area contributed by atoms with Gasteiger partial charge >= 0.3 is 0 Å². The topological polar surface area (TPSA) is 61.4 Å². The zero-order valence-electron chi connectivity index (χ0n) is 15.6. The van der Waals surface area contributed by atoms with E-state index in [-0.39, 0.29) is 0 Å². The molecule has 2 saturated heterocycles. The van der Waals surface area contributed by atoms with Gasteiger partial charge in [0.1, 0.15) is 0 Å². The lowest BCUT2D eigenvalue weighted by Crippen LogP contribution is -2.49. The van der Waals surface area contributed by atoms with Crippen LogP contribution in [0.2, 0.25) is 0 Å². The molecule has 2 N–H and O–H groups in total. The number of guanidine groups is 1. The Morgan fingerprint density at radius 3 is 2.00 bits per heavy atom. The summed E-state index contributed by atoms with van der Waals surface area (Å²) in [5, 5.41) is 6.84. The normalized spacial score (nSPS) is 23.7. The molecule has 2 rings (SSSR count). The zero-order valence-corrected chi connectivity index (χ0v) is 15.6. The minimum absolute atomic E-state index is 0.445. The maximum Gasteiger partial charge on any atom is 0.191 e. The summed E-state index contributed by atoms with van der Waals surface area (Å²) in [5.41, 5.74) is 0. The van der Waals surface area contributed by atoms with E-state index in [1.807, 2.05) is 0 Å². The first-order chi connectivity index (χ1) is 11.7. The number of hydrogen-bond donors (Lipinski definition) is 2. The lowest BCUT2D eigenvalue weighted by atomic mass is 10.2. The van der Waals surface area contributed by atoms with E-state index in [9.17, 15) is 0 Å². The van der Waals surface area contributed by atoms with Crippen molar-refractivity contribution >= 4 is 5.96 Å². The summed E-state index contributed by atoms with van der Waals surface area (Å²) in [4.78, 5) is 9.69. The summed E-state index contributed by atoms with van der Waals surface area (Å²) in [5.74, 6) is 0.915. The molecule has 2 aliphatic heterocycles. The summed E-state index contributed by atoms with van der Waals surface area (Å²) in [7, 11) is 0. The first-order valence-corrected chi connectivity index (χ1v) is 9.36. The fourth-order valence-electron chi connectivity index (χ4n) is 3.09. The van der Waals surface area contributed by atoms with Crippen molar-refractivity contribution in [3.63, 3.8) is 0 Å².